The Labute approximate surface area is 146 Å². The number of esters is 1. The SMILES string of the molecule is COC(=O)C(OCC(=O)O)C(/C=C/c1ccccc1)c1ccccc1. The monoisotopic (exact) mass is 340 g/mol. The van der Waals surface area contributed by atoms with Gasteiger partial charge in [0.1, 0.15) is 6.61 Å². The number of hydrogen-bond donors (Lipinski definition) is 1. The standard InChI is InChI=1S/C20H20O5/c1-24-20(23)19(25-14-18(21)22)17(16-10-6-3-7-11-16)13-12-15-8-4-2-5-9-15/h2-13,17,19H,14H2,1H3,(H,21,22)/b13-12+. The van der Waals surface area contributed by atoms with E-state index in [0.717, 1.165) is 11.1 Å². The number of carbonyl (C=O) groups excluding carboxylic acids is 1. The van der Waals surface area contributed by atoms with Gasteiger partial charge in [-0.15, -0.1) is 0 Å². The van der Waals surface area contributed by atoms with Crippen LogP contribution in [0.25, 0.3) is 6.08 Å². The van der Waals surface area contributed by atoms with Crippen molar-refractivity contribution in [2.24, 2.45) is 0 Å². The second kappa shape index (κ2) is 9.39. The van der Waals surface area contributed by atoms with Crippen molar-refractivity contribution in [2.75, 3.05) is 13.7 Å². The Morgan fingerprint density at radius 3 is 2.20 bits per heavy atom. The normalized spacial score (nSPS) is 13.3. The lowest BCUT2D eigenvalue weighted by Gasteiger charge is -2.23. The van der Waals surface area contributed by atoms with Gasteiger partial charge in [-0.05, 0) is 11.1 Å². The first-order valence-electron chi connectivity index (χ1n) is 7.81. The van der Waals surface area contributed by atoms with Crippen LogP contribution in [-0.4, -0.2) is 36.9 Å². The summed E-state index contributed by atoms with van der Waals surface area (Å²) in [4.78, 5) is 23.0. The Bertz CT molecular complexity index is 709. The molecule has 2 rings (SSSR count). The summed E-state index contributed by atoms with van der Waals surface area (Å²) in [6.45, 7) is -0.581. The molecule has 0 heterocycles. The largest absolute Gasteiger partial charge is 0.480 e. The van der Waals surface area contributed by atoms with E-state index in [-0.39, 0.29) is 0 Å². The first-order valence-corrected chi connectivity index (χ1v) is 7.81. The molecule has 5 nitrogen and oxygen atoms in total. The molecule has 0 aromatic heterocycles. The highest BCUT2D eigenvalue weighted by molar-refractivity contribution is 5.77. The molecule has 2 unspecified atom stereocenters. The predicted molar refractivity (Wildman–Crippen MR) is 94.1 cm³/mol. The van der Waals surface area contributed by atoms with Gasteiger partial charge in [-0.3, -0.25) is 0 Å². The van der Waals surface area contributed by atoms with Gasteiger partial charge in [0, 0.05) is 5.92 Å². The molecule has 0 spiro atoms. The summed E-state index contributed by atoms with van der Waals surface area (Å²) in [5.41, 5.74) is 1.79. The maximum atomic E-state index is 12.2. The second-order valence-corrected chi connectivity index (χ2v) is 5.35. The summed E-state index contributed by atoms with van der Waals surface area (Å²) in [6, 6.07) is 18.9. The Morgan fingerprint density at radius 2 is 1.64 bits per heavy atom. The number of carboxylic acid groups (broad SMARTS) is 1. The minimum absolute atomic E-state index is 0.479. The molecule has 0 aliphatic carbocycles. The fourth-order valence-electron chi connectivity index (χ4n) is 2.44. The van der Waals surface area contributed by atoms with E-state index in [1.54, 1.807) is 0 Å². The number of benzene rings is 2. The van der Waals surface area contributed by atoms with Crippen LogP contribution in [0.2, 0.25) is 0 Å². The van der Waals surface area contributed by atoms with E-state index in [4.69, 9.17) is 14.6 Å². The van der Waals surface area contributed by atoms with Gasteiger partial charge < -0.3 is 14.6 Å². The molecule has 0 saturated heterocycles. The zero-order chi connectivity index (χ0) is 18.1. The number of carbonyl (C=O) groups is 2. The average Bonchev–Trinajstić information content (AvgIpc) is 2.65. The van der Waals surface area contributed by atoms with Crippen LogP contribution in [0.4, 0.5) is 0 Å². The topological polar surface area (TPSA) is 72.8 Å². The second-order valence-electron chi connectivity index (χ2n) is 5.35. The van der Waals surface area contributed by atoms with Crippen LogP contribution in [0.1, 0.15) is 17.0 Å². The minimum Gasteiger partial charge on any atom is -0.480 e. The number of aliphatic carboxylic acids is 1. The highest BCUT2D eigenvalue weighted by atomic mass is 16.6. The molecule has 2 atom stereocenters. The zero-order valence-electron chi connectivity index (χ0n) is 13.9. The molecule has 130 valence electrons. The van der Waals surface area contributed by atoms with Crippen molar-refractivity contribution in [3.63, 3.8) is 0 Å². The van der Waals surface area contributed by atoms with Crippen LogP contribution in [0.5, 0.6) is 0 Å². The van der Waals surface area contributed by atoms with Gasteiger partial charge in [-0.1, -0.05) is 72.8 Å². The summed E-state index contributed by atoms with van der Waals surface area (Å²) >= 11 is 0. The van der Waals surface area contributed by atoms with Crippen LogP contribution in [0.3, 0.4) is 0 Å². The molecule has 2 aromatic carbocycles. The quantitative estimate of drug-likeness (QED) is 0.748. The minimum atomic E-state index is -1.15. The molecule has 2 aromatic rings. The average molecular weight is 340 g/mol. The number of rotatable bonds is 8. The molecule has 0 aliphatic heterocycles. The summed E-state index contributed by atoms with van der Waals surface area (Å²) in [6.07, 6.45) is 2.65. The van der Waals surface area contributed by atoms with E-state index < -0.39 is 30.6 Å². The first kappa shape index (κ1) is 18.4. The van der Waals surface area contributed by atoms with E-state index in [0.29, 0.717) is 0 Å². The van der Waals surface area contributed by atoms with Crippen molar-refractivity contribution < 1.29 is 24.2 Å². The highest BCUT2D eigenvalue weighted by Gasteiger charge is 2.30. The molecule has 0 saturated carbocycles. The Hall–Kier alpha value is -2.92. The maximum Gasteiger partial charge on any atom is 0.335 e. The third kappa shape index (κ3) is 5.58. The van der Waals surface area contributed by atoms with Gasteiger partial charge in [0.15, 0.2) is 6.10 Å². The molecule has 0 bridgehead atoms. The summed E-state index contributed by atoms with van der Waals surface area (Å²) in [5, 5.41) is 8.88. The van der Waals surface area contributed by atoms with Crippen LogP contribution in [0.15, 0.2) is 66.7 Å². The van der Waals surface area contributed by atoms with Gasteiger partial charge in [0.25, 0.3) is 0 Å². The fourth-order valence-corrected chi connectivity index (χ4v) is 2.44. The van der Waals surface area contributed by atoms with Crippen molar-refractivity contribution in [2.45, 2.75) is 12.0 Å². The molecule has 0 radical (unpaired) electrons. The molecular weight excluding hydrogens is 320 g/mol. The molecule has 0 fully saturated rings. The molecule has 0 aliphatic rings. The van der Waals surface area contributed by atoms with E-state index >= 15 is 0 Å². The molecule has 1 N–H and O–H groups in total. The van der Waals surface area contributed by atoms with E-state index in [9.17, 15) is 9.59 Å². The van der Waals surface area contributed by atoms with Crippen LogP contribution in [-0.2, 0) is 19.1 Å². The van der Waals surface area contributed by atoms with Crippen molar-refractivity contribution in [1.29, 1.82) is 0 Å². The fraction of sp³-hybridized carbons (Fsp3) is 0.200. The van der Waals surface area contributed by atoms with Crippen molar-refractivity contribution in [3.8, 4) is 0 Å². The summed E-state index contributed by atoms with van der Waals surface area (Å²) in [7, 11) is 1.25. The van der Waals surface area contributed by atoms with Gasteiger partial charge in [-0.25, -0.2) is 9.59 Å². The van der Waals surface area contributed by atoms with E-state index in [1.807, 2.05) is 72.8 Å². The van der Waals surface area contributed by atoms with Gasteiger partial charge in [-0.2, -0.15) is 0 Å². The molecular formula is C20H20O5. The van der Waals surface area contributed by atoms with Crippen molar-refractivity contribution in [1.82, 2.24) is 0 Å². The molecule has 25 heavy (non-hydrogen) atoms. The maximum absolute atomic E-state index is 12.2. The smallest absolute Gasteiger partial charge is 0.335 e. The van der Waals surface area contributed by atoms with Crippen LogP contribution >= 0.6 is 0 Å². The van der Waals surface area contributed by atoms with Crippen LogP contribution < -0.4 is 0 Å². The Balaban J connectivity index is 2.35. The first-order chi connectivity index (χ1) is 12.1. The van der Waals surface area contributed by atoms with Gasteiger partial charge >= 0.3 is 11.9 Å². The lowest BCUT2D eigenvalue weighted by atomic mass is 9.92. The molecule has 5 heteroatoms. The number of ether oxygens (including phenoxy) is 2. The third-order valence-electron chi connectivity index (χ3n) is 3.63. The summed E-state index contributed by atoms with van der Waals surface area (Å²) < 4.78 is 10.1. The third-order valence-corrected chi connectivity index (χ3v) is 3.63. The lowest BCUT2D eigenvalue weighted by Crippen LogP contribution is -2.33. The number of methoxy groups -OCH3 is 1. The van der Waals surface area contributed by atoms with Crippen molar-refractivity contribution >= 4 is 18.0 Å². The van der Waals surface area contributed by atoms with Crippen molar-refractivity contribution in [3.05, 3.63) is 77.9 Å². The summed E-state index contributed by atoms with van der Waals surface area (Å²) in [5.74, 6) is -2.24. The Morgan fingerprint density at radius 1 is 1.04 bits per heavy atom. The van der Waals surface area contributed by atoms with E-state index in [1.165, 1.54) is 7.11 Å². The number of carboxylic acids is 1. The predicted octanol–water partition coefficient (Wildman–Crippen LogP) is 3.13. The Kier molecular flexibility index (Phi) is 6.92. The highest BCUT2D eigenvalue weighted by Crippen LogP contribution is 2.26. The zero-order valence-corrected chi connectivity index (χ0v) is 13.9. The van der Waals surface area contributed by atoms with Crippen LogP contribution in [0, 0.1) is 0 Å². The lowest BCUT2D eigenvalue weighted by molar-refractivity contribution is -0.159. The van der Waals surface area contributed by atoms with Gasteiger partial charge in [0.2, 0.25) is 0 Å². The van der Waals surface area contributed by atoms with E-state index in [2.05, 4.69) is 0 Å². The molecule has 0 amide bonds. The number of hydrogen-bond acceptors (Lipinski definition) is 4. The van der Waals surface area contributed by atoms with Gasteiger partial charge in [0.05, 0.1) is 7.11 Å².